The Hall–Kier alpha value is -0.940. The van der Waals surface area contributed by atoms with E-state index < -0.39 is 0 Å². The first-order chi connectivity index (χ1) is 5.36. The highest BCUT2D eigenvalue weighted by Gasteiger charge is 2.10. The minimum atomic E-state index is 0. The second kappa shape index (κ2) is 6.50. The van der Waals surface area contributed by atoms with Crippen molar-refractivity contribution in [3.8, 4) is 0 Å². The fourth-order valence-electron chi connectivity index (χ4n) is 1.64. The third-order valence-electron chi connectivity index (χ3n) is 2.32. The zero-order chi connectivity index (χ0) is 7.68. The van der Waals surface area contributed by atoms with Gasteiger partial charge in [0.1, 0.15) is 0 Å². The summed E-state index contributed by atoms with van der Waals surface area (Å²) in [7, 11) is 2.18. The van der Waals surface area contributed by atoms with E-state index in [1.807, 2.05) is 0 Å². The highest BCUT2D eigenvalue weighted by molar-refractivity contribution is 5.28. The summed E-state index contributed by atoms with van der Waals surface area (Å²) < 4.78 is 0. The summed E-state index contributed by atoms with van der Waals surface area (Å²) >= 11 is 0. The van der Waals surface area contributed by atoms with Crippen LogP contribution in [0.25, 0.3) is 0 Å². The van der Waals surface area contributed by atoms with Gasteiger partial charge in [-0.1, -0.05) is 24.3 Å². The molecule has 0 amide bonds. The number of fused-ring (bicyclic) bond motifs is 1. The molecule has 0 aromatic heterocycles. The van der Waals surface area contributed by atoms with Crippen molar-refractivity contribution in [2.24, 2.45) is 0 Å². The Morgan fingerprint density at radius 1 is 1.00 bits per heavy atom. The maximum Gasteiger partial charge on any atom is 0.0233 e. The molecule has 82 valence electrons. The molecule has 4 heteroatoms. The van der Waals surface area contributed by atoms with E-state index in [2.05, 4.69) is 36.2 Å². The minimum Gasteiger partial charge on any atom is -0.412 e. The Morgan fingerprint density at radius 3 is 2.21 bits per heavy atom. The van der Waals surface area contributed by atoms with E-state index in [0.717, 1.165) is 6.54 Å². The van der Waals surface area contributed by atoms with Crippen LogP contribution in [-0.4, -0.2) is 34.9 Å². The molecule has 4 nitrogen and oxygen atoms in total. The molecule has 0 aliphatic carbocycles. The smallest absolute Gasteiger partial charge is 0.0233 e. The summed E-state index contributed by atoms with van der Waals surface area (Å²) in [5.74, 6) is 0. The van der Waals surface area contributed by atoms with Gasteiger partial charge in [0.15, 0.2) is 0 Å². The Labute approximate surface area is 84.1 Å². The first-order valence-corrected chi connectivity index (χ1v) is 4.11. The number of benzene rings is 1. The largest absolute Gasteiger partial charge is 0.412 e. The van der Waals surface area contributed by atoms with E-state index in [1.54, 1.807) is 0 Å². The van der Waals surface area contributed by atoms with Crippen LogP contribution in [-0.2, 0) is 13.0 Å². The van der Waals surface area contributed by atoms with Gasteiger partial charge in [0, 0.05) is 13.1 Å². The molecule has 6 N–H and O–H groups in total. The fourth-order valence-corrected chi connectivity index (χ4v) is 1.64. The number of nitrogens with zero attached hydrogens (tertiary/aromatic N) is 1. The van der Waals surface area contributed by atoms with Gasteiger partial charge in [0.25, 0.3) is 0 Å². The average Bonchev–Trinajstić information content (AvgIpc) is 2.04. The monoisotopic (exact) mass is 201 g/mol. The van der Waals surface area contributed by atoms with Crippen molar-refractivity contribution in [1.29, 1.82) is 0 Å². The van der Waals surface area contributed by atoms with Crippen molar-refractivity contribution < 1.29 is 16.4 Å². The molecule has 14 heavy (non-hydrogen) atoms. The van der Waals surface area contributed by atoms with Crippen LogP contribution in [0.2, 0.25) is 0 Å². The molecule has 0 radical (unpaired) electrons. The van der Waals surface area contributed by atoms with Crippen molar-refractivity contribution in [3.05, 3.63) is 35.4 Å². The van der Waals surface area contributed by atoms with E-state index in [4.69, 9.17) is 0 Å². The van der Waals surface area contributed by atoms with Gasteiger partial charge in [-0.05, 0) is 24.6 Å². The maximum atomic E-state index is 2.36. The molecule has 0 atom stereocenters. The van der Waals surface area contributed by atoms with E-state index in [1.165, 1.54) is 24.1 Å². The van der Waals surface area contributed by atoms with Gasteiger partial charge in [-0.25, -0.2) is 0 Å². The van der Waals surface area contributed by atoms with Crippen LogP contribution in [0.4, 0.5) is 0 Å². The zero-order valence-corrected chi connectivity index (χ0v) is 8.38. The number of rotatable bonds is 0. The van der Waals surface area contributed by atoms with Crippen molar-refractivity contribution >= 4 is 0 Å². The zero-order valence-electron chi connectivity index (χ0n) is 8.38. The molecule has 0 bridgehead atoms. The Bertz CT molecular complexity index is 265. The van der Waals surface area contributed by atoms with Crippen LogP contribution < -0.4 is 0 Å². The van der Waals surface area contributed by atoms with Crippen molar-refractivity contribution in [2.45, 2.75) is 13.0 Å². The van der Waals surface area contributed by atoms with Gasteiger partial charge in [-0.2, -0.15) is 0 Å². The maximum absolute atomic E-state index is 2.36. The van der Waals surface area contributed by atoms with Crippen LogP contribution in [0, 0.1) is 0 Å². The second-order valence-electron chi connectivity index (χ2n) is 3.26. The standard InChI is InChI=1S/C10H13N.3H2O/c1-11-7-6-9-4-2-3-5-10(9)8-11;;;/h2-5H,6-8H2,1H3;3*1H2. The van der Waals surface area contributed by atoms with Crippen LogP contribution in [0.3, 0.4) is 0 Å². The molecule has 1 aromatic rings. The Morgan fingerprint density at radius 2 is 1.57 bits per heavy atom. The summed E-state index contributed by atoms with van der Waals surface area (Å²) in [6.45, 7) is 2.33. The van der Waals surface area contributed by atoms with Crippen molar-refractivity contribution in [2.75, 3.05) is 13.6 Å². The molecule has 1 heterocycles. The normalized spacial score (nSPS) is 14.1. The molecule has 0 unspecified atom stereocenters. The molecule has 1 aliphatic rings. The summed E-state index contributed by atoms with van der Waals surface area (Å²) in [6.07, 6.45) is 1.21. The molecule has 0 saturated carbocycles. The molecule has 2 rings (SSSR count). The summed E-state index contributed by atoms with van der Waals surface area (Å²) in [5.41, 5.74) is 3.03. The van der Waals surface area contributed by atoms with E-state index in [0.29, 0.717) is 0 Å². The van der Waals surface area contributed by atoms with Gasteiger partial charge in [-0.15, -0.1) is 0 Å². The quantitative estimate of drug-likeness (QED) is 0.539. The number of hydrogen-bond donors (Lipinski definition) is 0. The number of hydrogen-bond acceptors (Lipinski definition) is 1. The van der Waals surface area contributed by atoms with Gasteiger partial charge < -0.3 is 21.3 Å². The SMILES string of the molecule is CN1CCc2ccccc2C1.O.O.O. The molecule has 0 fully saturated rings. The summed E-state index contributed by atoms with van der Waals surface area (Å²) in [6, 6.07) is 8.72. The van der Waals surface area contributed by atoms with Gasteiger partial charge in [0.2, 0.25) is 0 Å². The first-order valence-electron chi connectivity index (χ1n) is 4.11. The van der Waals surface area contributed by atoms with Gasteiger partial charge in [0.05, 0.1) is 0 Å². The van der Waals surface area contributed by atoms with E-state index >= 15 is 0 Å². The molecule has 1 aliphatic heterocycles. The lowest BCUT2D eigenvalue weighted by molar-refractivity contribution is 0.313. The predicted molar refractivity (Wildman–Crippen MR) is 57.3 cm³/mol. The molecular weight excluding hydrogens is 182 g/mol. The van der Waals surface area contributed by atoms with Crippen LogP contribution in [0.1, 0.15) is 11.1 Å². The van der Waals surface area contributed by atoms with Gasteiger partial charge in [-0.3, -0.25) is 0 Å². The Balaban J connectivity index is 0. The summed E-state index contributed by atoms with van der Waals surface area (Å²) in [5, 5.41) is 0. The van der Waals surface area contributed by atoms with E-state index in [9.17, 15) is 0 Å². The Kier molecular flexibility index (Phi) is 7.21. The van der Waals surface area contributed by atoms with E-state index in [-0.39, 0.29) is 16.4 Å². The van der Waals surface area contributed by atoms with Crippen LogP contribution in [0.5, 0.6) is 0 Å². The lowest BCUT2D eigenvalue weighted by Gasteiger charge is -2.24. The summed E-state index contributed by atoms with van der Waals surface area (Å²) in [4.78, 5) is 2.36. The van der Waals surface area contributed by atoms with Crippen molar-refractivity contribution in [3.63, 3.8) is 0 Å². The predicted octanol–water partition coefficient (Wildman–Crippen LogP) is -0.800. The minimum absolute atomic E-state index is 0. The fraction of sp³-hybridized carbons (Fsp3) is 0.400. The molecule has 1 aromatic carbocycles. The molecule has 0 saturated heterocycles. The van der Waals surface area contributed by atoms with Gasteiger partial charge >= 0.3 is 0 Å². The third kappa shape index (κ3) is 3.08. The number of likely N-dealkylation sites (N-methyl/N-ethyl adjacent to an activating group) is 1. The first kappa shape index (κ1) is 15.5. The lowest BCUT2D eigenvalue weighted by atomic mass is 10.0. The molecule has 0 spiro atoms. The highest BCUT2D eigenvalue weighted by Crippen LogP contribution is 2.16. The average molecular weight is 201 g/mol. The lowest BCUT2D eigenvalue weighted by Crippen LogP contribution is -2.26. The van der Waals surface area contributed by atoms with Crippen molar-refractivity contribution in [1.82, 2.24) is 4.90 Å². The van der Waals surface area contributed by atoms with Crippen LogP contribution >= 0.6 is 0 Å². The molecular formula is C10H19NO3. The highest BCUT2D eigenvalue weighted by atomic mass is 16.0. The third-order valence-corrected chi connectivity index (χ3v) is 2.32. The van der Waals surface area contributed by atoms with Crippen LogP contribution in [0.15, 0.2) is 24.3 Å². The second-order valence-corrected chi connectivity index (χ2v) is 3.26. The topological polar surface area (TPSA) is 97.7 Å².